The second-order valence-electron chi connectivity index (χ2n) is 10.7. The van der Waals surface area contributed by atoms with Gasteiger partial charge in [0, 0.05) is 35.0 Å². The number of anilines is 1. The van der Waals surface area contributed by atoms with Crippen LogP contribution in [-0.4, -0.2) is 79.2 Å². The van der Waals surface area contributed by atoms with Crippen LogP contribution < -0.4 is 21.1 Å². The Morgan fingerprint density at radius 3 is 2.17 bits per heavy atom. The summed E-state index contributed by atoms with van der Waals surface area (Å²) in [7, 11) is -2.98. The number of pyridine rings is 1. The molecule has 250 valence electrons. The number of amides is 3. The van der Waals surface area contributed by atoms with E-state index in [1.165, 1.54) is 55.6 Å². The van der Waals surface area contributed by atoms with Crippen LogP contribution >= 0.6 is 0 Å². The fourth-order valence-corrected chi connectivity index (χ4v) is 4.78. The van der Waals surface area contributed by atoms with E-state index in [2.05, 4.69) is 19.8 Å². The lowest BCUT2D eigenvalue weighted by molar-refractivity contribution is -0.166. The number of carbonyl (C=O) groups excluding carboxylic acids is 4. The quantitative estimate of drug-likeness (QED) is 0.0584. The fourth-order valence-electron chi connectivity index (χ4n) is 4.41. The van der Waals surface area contributed by atoms with Gasteiger partial charge in [-0.2, -0.15) is 8.42 Å². The number of aromatic nitrogens is 1. The molecule has 0 bridgehead atoms. The second kappa shape index (κ2) is 15.3. The van der Waals surface area contributed by atoms with Gasteiger partial charge < -0.3 is 25.3 Å². The van der Waals surface area contributed by atoms with Gasteiger partial charge in [-0.25, -0.2) is 14.8 Å². The first-order valence-corrected chi connectivity index (χ1v) is 16.1. The number of nitrogens with zero attached hydrogens (tertiary/aromatic N) is 2. The van der Waals surface area contributed by atoms with Crippen LogP contribution in [0, 0.1) is 11.3 Å². The van der Waals surface area contributed by atoms with E-state index in [0.717, 1.165) is 6.07 Å². The number of amidine groups is 1. The van der Waals surface area contributed by atoms with Crippen molar-refractivity contribution in [2.45, 2.75) is 33.2 Å². The molecule has 16 heteroatoms. The molecule has 0 saturated carbocycles. The highest BCUT2D eigenvalue weighted by atomic mass is 32.2. The van der Waals surface area contributed by atoms with Crippen LogP contribution in [0.5, 0.6) is 5.88 Å². The summed E-state index contributed by atoms with van der Waals surface area (Å²) in [6.07, 6.45) is 0.860. The first kappa shape index (κ1) is 36.1. The largest absolute Gasteiger partial charge is 0.481 e. The average Bonchev–Trinajstić information content (AvgIpc) is 3.02. The highest BCUT2D eigenvalue weighted by Crippen LogP contribution is 2.31. The topological polar surface area (TPSA) is 231 Å². The SMILES string of the molecule is CCN(O)C(=O)[C@H](CC(C)C)NC(=O)c1ccc(-c2ccc(OC)nc2C(=O)Nc2ccc(C(=N)N)cc2)c(C(=O)OS(C)(=O)=O)c1. The number of benzene rings is 2. The van der Waals surface area contributed by atoms with Crippen molar-refractivity contribution >= 4 is 45.3 Å². The number of nitrogens with one attached hydrogen (secondary N) is 3. The maximum atomic E-state index is 13.5. The Hall–Kier alpha value is -5.35. The highest BCUT2D eigenvalue weighted by molar-refractivity contribution is 7.86. The zero-order valence-corrected chi connectivity index (χ0v) is 27.2. The van der Waals surface area contributed by atoms with E-state index in [9.17, 15) is 32.8 Å². The molecule has 1 atom stereocenters. The molecule has 0 radical (unpaired) electrons. The number of hydroxylamine groups is 2. The number of nitrogens with two attached hydrogens (primary N) is 1. The first-order valence-electron chi connectivity index (χ1n) is 14.2. The predicted octanol–water partition coefficient (Wildman–Crippen LogP) is 2.79. The molecule has 47 heavy (non-hydrogen) atoms. The minimum atomic E-state index is -4.31. The molecule has 2 aromatic carbocycles. The third kappa shape index (κ3) is 9.57. The first-order chi connectivity index (χ1) is 22.0. The fraction of sp³-hybridized carbons (Fsp3) is 0.290. The van der Waals surface area contributed by atoms with Gasteiger partial charge in [-0.3, -0.25) is 25.0 Å². The van der Waals surface area contributed by atoms with Gasteiger partial charge in [-0.15, -0.1) is 0 Å². The van der Waals surface area contributed by atoms with Crippen LogP contribution in [0.25, 0.3) is 11.1 Å². The van der Waals surface area contributed by atoms with E-state index in [-0.39, 0.29) is 53.0 Å². The summed E-state index contributed by atoms with van der Waals surface area (Å²) in [5, 5.41) is 23.2. The molecular formula is C31H36N6O9S. The van der Waals surface area contributed by atoms with Crippen molar-refractivity contribution in [1.82, 2.24) is 15.4 Å². The molecule has 0 aliphatic heterocycles. The molecule has 0 unspecified atom stereocenters. The van der Waals surface area contributed by atoms with Crippen LogP contribution in [0.4, 0.5) is 5.69 Å². The van der Waals surface area contributed by atoms with Crippen molar-refractivity contribution in [3.63, 3.8) is 0 Å². The number of methoxy groups -OCH3 is 1. The van der Waals surface area contributed by atoms with E-state index < -0.39 is 45.4 Å². The summed E-state index contributed by atoms with van der Waals surface area (Å²) in [6, 6.07) is 11.5. The highest BCUT2D eigenvalue weighted by Gasteiger charge is 2.28. The Labute approximate surface area is 271 Å². The van der Waals surface area contributed by atoms with Gasteiger partial charge in [0.2, 0.25) is 5.88 Å². The van der Waals surface area contributed by atoms with Crippen molar-refractivity contribution in [3.8, 4) is 17.0 Å². The molecule has 15 nitrogen and oxygen atoms in total. The third-order valence-corrected chi connectivity index (χ3v) is 7.09. The van der Waals surface area contributed by atoms with Crippen molar-refractivity contribution in [3.05, 3.63) is 77.0 Å². The Balaban J connectivity index is 2.12. The smallest absolute Gasteiger partial charge is 0.354 e. The number of hydrogen-bond donors (Lipinski definition) is 5. The van der Waals surface area contributed by atoms with Crippen LogP contribution in [0.2, 0.25) is 0 Å². The van der Waals surface area contributed by atoms with E-state index in [4.69, 9.17) is 15.9 Å². The van der Waals surface area contributed by atoms with Gasteiger partial charge >= 0.3 is 16.1 Å². The Kier molecular flexibility index (Phi) is 11.8. The molecule has 3 rings (SSSR count). The number of likely N-dealkylation sites (N-methyl/N-ethyl adjacent to an activating group) is 1. The molecule has 1 aromatic heterocycles. The van der Waals surface area contributed by atoms with E-state index in [1.54, 1.807) is 6.92 Å². The molecule has 1 heterocycles. The molecule has 0 aliphatic rings. The molecule has 6 N–H and O–H groups in total. The van der Waals surface area contributed by atoms with E-state index in [0.29, 0.717) is 22.6 Å². The Bertz CT molecular complexity index is 1790. The lowest BCUT2D eigenvalue weighted by atomic mass is 9.95. The van der Waals surface area contributed by atoms with Crippen LogP contribution in [0.1, 0.15) is 64.0 Å². The second-order valence-corrected chi connectivity index (χ2v) is 12.3. The number of carbonyl (C=O) groups is 4. The summed E-state index contributed by atoms with van der Waals surface area (Å²) in [4.78, 5) is 57.0. The Morgan fingerprint density at radius 2 is 1.62 bits per heavy atom. The van der Waals surface area contributed by atoms with Gasteiger partial charge in [0.1, 0.15) is 17.6 Å². The van der Waals surface area contributed by atoms with Crippen LogP contribution in [-0.2, 0) is 19.1 Å². The standard InChI is InChI=1S/C31H36N6O9S/c1-6-37(42)30(40)24(15-17(2)3)35-28(38)19-9-12-21(23(16-19)31(41)46-47(5,43)44)22-13-14-25(45-4)36-26(22)29(39)34-20-10-7-18(8-11-20)27(32)33/h7-14,16-17,24,42H,6,15H2,1-5H3,(H3,32,33)(H,34,39)(H,35,38)/t24-/m0/s1. The van der Waals surface area contributed by atoms with Gasteiger partial charge in [0.15, 0.2) is 0 Å². The van der Waals surface area contributed by atoms with Gasteiger partial charge in [-0.05, 0) is 67.3 Å². The molecule has 0 saturated heterocycles. The van der Waals surface area contributed by atoms with Crippen molar-refractivity contribution in [2.24, 2.45) is 11.7 Å². The zero-order valence-electron chi connectivity index (χ0n) is 26.4. The van der Waals surface area contributed by atoms with E-state index >= 15 is 0 Å². The maximum absolute atomic E-state index is 13.5. The monoisotopic (exact) mass is 668 g/mol. The van der Waals surface area contributed by atoms with Gasteiger partial charge in [-0.1, -0.05) is 19.9 Å². The summed E-state index contributed by atoms with van der Waals surface area (Å²) in [5.74, 6) is -3.78. The van der Waals surface area contributed by atoms with Crippen molar-refractivity contribution < 1.29 is 41.7 Å². The van der Waals surface area contributed by atoms with Crippen LogP contribution in [0.3, 0.4) is 0 Å². The lowest BCUT2D eigenvalue weighted by Crippen LogP contribution is -2.48. The minimum Gasteiger partial charge on any atom is -0.481 e. The summed E-state index contributed by atoms with van der Waals surface area (Å²) in [5.41, 5.74) is 5.53. The molecule has 3 aromatic rings. The van der Waals surface area contributed by atoms with Gasteiger partial charge in [0.05, 0.1) is 18.9 Å². The summed E-state index contributed by atoms with van der Waals surface area (Å²) < 4.78 is 33.7. The van der Waals surface area contributed by atoms with Crippen molar-refractivity contribution in [2.75, 3.05) is 25.2 Å². The van der Waals surface area contributed by atoms with Crippen LogP contribution in [0.15, 0.2) is 54.6 Å². The van der Waals surface area contributed by atoms with E-state index in [1.807, 2.05) is 13.8 Å². The molecular weight excluding hydrogens is 632 g/mol. The normalized spacial score (nSPS) is 11.7. The molecule has 3 amide bonds. The average molecular weight is 669 g/mol. The summed E-state index contributed by atoms with van der Waals surface area (Å²) in [6.45, 7) is 5.18. The lowest BCUT2D eigenvalue weighted by Gasteiger charge is -2.23. The minimum absolute atomic E-state index is 0.00949. The van der Waals surface area contributed by atoms with Gasteiger partial charge in [0.25, 0.3) is 17.7 Å². The molecule has 0 spiro atoms. The molecule has 0 aliphatic carbocycles. The zero-order chi connectivity index (χ0) is 35.1. The number of nitrogen functional groups attached to an aromatic ring is 1. The maximum Gasteiger partial charge on any atom is 0.354 e. The molecule has 0 fully saturated rings. The predicted molar refractivity (Wildman–Crippen MR) is 172 cm³/mol. The third-order valence-electron chi connectivity index (χ3n) is 6.63. The number of rotatable bonds is 13. The Morgan fingerprint density at radius 1 is 1.00 bits per heavy atom. The summed E-state index contributed by atoms with van der Waals surface area (Å²) >= 11 is 0. The number of hydrogen-bond acceptors (Lipinski definition) is 11. The number of ether oxygens (including phenoxy) is 1. The van der Waals surface area contributed by atoms with Crippen molar-refractivity contribution in [1.29, 1.82) is 5.41 Å².